The Kier molecular flexibility index (Phi) is 4.68. The number of nitrogens with one attached hydrogen (secondary N) is 1. The molecule has 0 bridgehead atoms. The SMILES string of the molecule is CCc1ccc(S(N)(=O)=O)cc1CNC(C)C. The molecule has 0 saturated carbocycles. The summed E-state index contributed by atoms with van der Waals surface area (Å²) >= 11 is 0. The lowest BCUT2D eigenvalue weighted by Crippen LogP contribution is -2.23. The van der Waals surface area contributed by atoms with E-state index in [1.54, 1.807) is 12.1 Å². The van der Waals surface area contributed by atoms with E-state index in [0.29, 0.717) is 12.6 Å². The number of rotatable bonds is 5. The quantitative estimate of drug-likeness (QED) is 0.836. The van der Waals surface area contributed by atoms with E-state index in [9.17, 15) is 8.42 Å². The smallest absolute Gasteiger partial charge is 0.238 e. The zero-order valence-corrected chi connectivity index (χ0v) is 11.3. The molecular formula is C12H20N2O2S. The Bertz CT molecular complexity index is 481. The van der Waals surface area contributed by atoms with Crippen LogP contribution >= 0.6 is 0 Å². The van der Waals surface area contributed by atoms with Gasteiger partial charge in [-0.15, -0.1) is 0 Å². The molecule has 1 aromatic rings. The highest BCUT2D eigenvalue weighted by Crippen LogP contribution is 2.16. The summed E-state index contributed by atoms with van der Waals surface area (Å²) in [5.74, 6) is 0. The molecular weight excluding hydrogens is 236 g/mol. The minimum absolute atomic E-state index is 0.176. The molecule has 0 amide bonds. The maximum Gasteiger partial charge on any atom is 0.238 e. The second-order valence-electron chi connectivity index (χ2n) is 4.36. The predicted molar refractivity (Wildman–Crippen MR) is 69.2 cm³/mol. The maximum absolute atomic E-state index is 11.3. The number of benzene rings is 1. The van der Waals surface area contributed by atoms with E-state index in [1.165, 1.54) is 0 Å². The van der Waals surface area contributed by atoms with Gasteiger partial charge in [0.1, 0.15) is 0 Å². The van der Waals surface area contributed by atoms with E-state index < -0.39 is 10.0 Å². The summed E-state index contributed by atoms with van der Waals surface area (Å²) in [5, 5.41) is 8.40. The van der Waals surface area contributed by atoms with E-state index >= 15 is 0 Å². The molecule has 0 saturated heterocycles. The first-order chi connectivity index (χ1) is 7.84. The minimum atomic E-state index is -3.62. The van der Waals surface area contributed by atoms with Gasteiger partial charge in [0.05, 0.1) is 4.90 Å². The summed E-state index contributed by atoms with van der Waals surface area (Å²) in [6.45, 7) is 6.80. The number of aryl methyl sites for hydroxylation is 1. The third-order valence-corrected chi connectivity index (χ3v) is 3.50. The largest absolute Gasteiger partial charge is 0.310 e. The molecule has 0 aliphatic rings. The average molecular weight is 256 g/mol. The highest BCUT2D eigenvalue weighted by molar-refractivity contribution is 7.89. The van der Waals surface area contributed by atoms with Crippen LogP contribution in [0.1, 0.15) is 31.9 Å². The monoisotopic (exact) mass is 256 g/mol. The van der Waals surface area contributed by atoms with Crippen LogP contribution in [-0.4, -0.2) is 14.5 Å². The van der Waals surface area contributed by atoms with Crippen molar-refractivity contribution in [2.75, 3.05) is 0 Å². The molecule has 3 N–H and O–H groups in total. The van der Waals surface area contributed by atoms with Crippen LogP contribution in [0.4, 0.5) is 0 Å². The Morgan fingerprint density at radius 1 is 1.29 bits per heavy atom. The van der Waals surface area contributed by atoms with Crippen molar-refractivity contribution in [1.29, 1.82) is 0 Å². The fourth-order valence-corrected chi connectivity index (χ4v) is 2.17. The Hall–Kier alpha value is -0.910. The second-order valence-corrected chi connectivity index (χ2v) is 5.93. The topological polar surface area (TPSA) is 72.2 Å². The summed E-state index contributed by atoms with van der Waals surface area (Å²) in [7, 11) is -3.62. The van der Waals surface area contributed by atoms with Crippen molar-refractivity contribution in [2.45, 2.75) is 44.7 Å². The van der Waals surface area contributed by atoms with Crippen LogP contribution in [0.3, 0.4) is 0 Å². The van der Waals surface area contributed by atoms with E-state index in [0.717, 1.165) is 17.5 Å². The Morgan fingerprint density at radius 2 is 1.94 bits per heavy atom. The van der Waals surface area contributed by atoms with Gasteiger partial charge in [-0.2, -0.15) is 0 Å². The highest BCUT2D eigenvalue weighted by atomic mass is 32.2. The summed E-state index contributed by atoms with van der Waals surface area (Å²) < 4.78 is 22.6. The molecule has 0 fully saturated rings. The third-order valence-electron chi connectivity index (χ3n) is 2.59. The first-order valence-corrected chi connectivity index (χ1v) is 7.27. The molecule has 0 radical (unpaired) electrons. The normalized spacial score (nSPS) is 12.1. The fourth-order valence-electron chi connectivity index (χ4n) is 1.60. The first kappa shape index (κ1) is 14.2. The second kappa shape index (κ2) is 5.62. The van der Waals surface area contributed by atoms with Gasteiger partial charge in [-0.3, -0.25) is 0 Å². The molecule has 1 rings (SSSR count). The first-order valence-electron chi connectivity index (χ1n) is 5.72. The molecule has 0 aliphatic carbocycles. The Labute approximate surface area is 103 Å². The molecule has 1 aromatic carbocycles. The lowest BCUT2D eigenvalue weighted by atomic mass is 10.1. The van der Waals surface area contributed by atoms with Gasteiger partial charge < -0.3 is 5.32 Å². The van der Waals surface area contributed by atoms with Gasteiger partial charge in [0.15, 0.2) is 0 Å². The fraction of sp³-hybridized carbons (Fsp3) is 0.500. The molecule has 17 heavy (non-hydrogen) atoms. The highest BCUT2D eigenvalue weighted by Gasteiger charge is 2.10. The summed E-state index contributed by atoms with van der Waals surface area (Å²) in [5.41, 5.74) is 2.14. The van der Waals surface area contributed by atoms with E-state index in [2.05, 4.69) is 19.2 Å². The van der Waals surface area contributed by atoms with Gasteiger partial charge in [0, 0.05) is 12.6 Å². The van der Waals surface area contributed by atoms with Gasteiger partial charge in [0.2, 0.25) is 10.0 Å². The maximum atomic E-state index is 11.3. The minimum Gasteiger partial charge on any atom is -0.310 e. The Balaban J connectivity index is 3.07. The lowest BCUT2D eigenvalue weighted by Gasteiger charge is -2.13. The van der Waals surface area contributed by atoms with Crippen LogP contribution in [0.25, 0.3) is 0 Å². The molecule has 0 unspecified atom stereocenters. The Morgan fingerprint density at radius 3 is 2.41 bits per heavy atom. The van der Waals surface area contributed by atoms with Crippen molar-refractivity contribution < 1.29 is 8.42 Å². The van der Waals surface area contributed by atoms with Crippen molar-refractivity contribution in [1.82, 2.24) is 5.32 Å². The zero-order chi connectivity index (χ0) is 13.1. The molecule has 5 heteroatoms. The van der Waals surface area contributed by atoms with Crippen molar-refractivity contribution >= 4 is 10.0 Å². The number of primary sulfonamides is 1. The van der Waals surface area contributed by atoms with Gasteiger partial charge in [0.25, 0.3) is 0 Å². The van der Waals surface area contributed by atoms with Crippen LogP contribution in [0.2, 0.25) is 0 Å². The van der Waals surface area contributed by atoms with Crippen LogP contribution in [0.5, 0.6) is 0 Å². The van der Waals surface area contributed by atoms with Crippen LogP contribution in [0.15, 0.2) is 23.1 Å². The summed E-state index contributed by atoms with van der Waals surface area (Å²) in [4.78, 5) is 0.176. The van der Waals surface area contributed by atoms with Gasteiger partial charge in [-0.25, -0.2) is 13.6 Å². The summed E-state index contributed by atoms with van der Waals surface area (Å²) in [6, 6.07) is 5.41. The van der Waals surface area contributed by atoms with Crippen LogP contribution in [-0.2, 0) is 23.0 Å². The van der Waals surface area contributed by atoms with Gasteiger partial charge >= 0.3 is 0 Å². The van der Waals surface area contributed by atoms with Crippen molar-refractivity contribution in [3.63, 3.8) is 0 Å². The van der Waals surface area contributed by atoms with Crippen molar-refractivity contribution in [3.05, 3.63) is 29.3 Å². The standard InChI is InChI=1S/C12H20N2O2S/c1-4-10-5-6-12(17(13,15)16)7-11(10)8-14-9(2)3/h5-7,9,14H,4,8H2,1-3H3,(H2,13,15,16). The number of sulfonamides is 1. The average Bonchev–Trinajstić information content (AvgIpc) is 2.24. The van der Waals surface area contributed by atoms with Gasteiger partial charge in [-0.1, -0.05) is 26.8 Å². The zero-order valence-electron chi connectivity index (χ0n) is 10.5. The van der Waals surface area contributed by atoms with Gasteiger partial charge in [-0.05, 0) is 29.7 Å². The van der Waals surface area contributed by atoms with Crippen molar-refractivity contribution in [2.24, 2.45) is 5.14 Å². The third kappa shape index (κ3) is 4.11. The lowest BCUT2D eigenvalue weighted by molar-refractivity contribution is 0.584. The molecule has 0 aliphatic heterocycles. The number of hydrogen-bond donors (Lipinski definition) is 2. The van der Waals surface area contributed by atoms with E-state index in [1.807, 2.05) is 13.0 Å². The number of hydrogen-bond acceptors (Lipinski definition) is 3. The molecule has 0 atom stereocenters. The molecule has 96 valence electrons. The van der Waals surface area contributed by atoms with E-state index in [4.69, 9.17) is 5.14 Å². The molecule has 0 spiro atoms. The van der Waals surface area contributed by atoms with Crippen LogP contribution in [0, 0.1) is 0 Å². The molecule has 4 nitrogen and oxygen atoms in total. The van der Waals surface area contributed by atoms with Crippen LogP contribution < -0.4 is 10.5 Å². The van der Waals surface area contributed by atoms with E-state index in [-0.39, 0.29) is 4.90 Å². The molecule has 0 aromatic heterocycles. The summed E-state index contributed by atoms with van der Waals surface area (Å²) in [6.07, 6.45) is 0.875. The van der Waals surface area contributed by atoms with Crippen molar-refractivity contribution in [3.8, 4) is 0 Å². The predicted octanol–water partition coefficient (Wildman–Crippen LogP) is 1.39. The molecule has 0 heterocycles. The number of nitrogens with two attached hydrogens (primary N) is 1.